The third-order valence-electron chi connectivity index (χ3n) is 2.77. The Labute approximate surface area is 102 Å². The van der Waals surface area contributed by atoms with E-state index in [2.05, 4.69) is 26.2 Å². The molecule has 0 amide bonds. The van der Waals surface area contributed by atoms with E-state index in [-0.39, 0.29) is 0 Å². The Kier molecular flexibility index (Phi) is 2.21. The van der Waals surface area contributed by atoms with Crippen molar-refractivity contribution >= 4 is 21.7 Å². The van der Waals surface area contributed by atoms with Crippen LogP contribution in [0.15, 0.2) is 28.7 Å². The van der Waals surface area contributed by atoms with Crippen molar-refractivity contribution in [1.29, 1.82) is 0 Å². The second kappa shape index (κ2) is 3.59. The molecule has 0 spiro atoms. The number of hydrogen-bond donors (Lipinski definition) is 1. The summed E-state index contributed by atoms with van der Waals surface area (Å²) in [5, 5.41) is 8.26. The molecule has 0 atom stereocenters. The zero-order chi connectivity index (χ0) is 11.1. The van der Waals surface area contributed by atoms with Gasteiger partial charge in [-0.3, -0.25) is 0 Å². The number of benzene rings is 1. The molecular weight excluding hydrogens is 268 g/mol. The predicted octanol–water partition coefficient (Wildman–Crippen LogP) is 2.49. The highest BCUT2D eigenvalue weighted by Gasteiger charge is 2.29. The lowest BCUT2D eigenvalue weighted by molar-refractivity contribution is 0.801. The van der Waals surface area contributed by atoms with Gasteiger partial charge in [-0.15, -0.1) is 5.10 Å². The molecule has 0 unspecified atom stereocenters. The van der Waals surface area contributed by atoms with Gasteiger partial charge in [-0.1, -0.05) is 21.1 Å². The monoisotopic (exact) mass is 278 g/mol. The minimum atomic E-state index is 0.532. The van der Waals surface area contributed by atoms with Gasteiger partial charge in [0.1, 0.15) is 5.69 Å². The lowest BCUT2D eigenvalue weighted by Gasteiger charge is -2.02. The summed E-state index contributed by atoms with van der Waals surface area (Å²) in [6, 6.07) is 7.86. The molecule has 0 radical (unpaired) electrons. The van der Waals surface area contributed by atoms with Gasteiger partial charge in [0, 0.05) is 10.4 Å². The first-order valence-corrected chi connectivity index (χ1v) is 6.02. The molecule has 0 bridgehead atoms. The quantitative estimate of drug-likeness (QED) is 0.918. The van der Waals surface area contributed by atoms with E-state index in [1.807, 2.05) is 24.3 Å². The van der Waals surface area contributed by atoms with Crippen molar-refractivity contribution in [2.45, 2.75) is 18.8 Å². The molecular formula is C11H11BrN4. The van der Waals surface area contributed by atoms with Crippen molar-refractivity contribution in [2.24, 2.45) is 0 Å². The lowest BCUT2D eigenvalue weighted by atomic mass is 10.3. The van der Waals surface area contributed by atoms with E-state index in [0.717, 1.165) is 15.9 Å². The van der Waals surface area contributed by atoms with Gasteiger partial charge in [-0.2, -0.15) is 4.68 Å². The van der Waals surface area contributed by atoms with E-state index in [1.165, 1.54) is 12.8 Å². The van der Waals surface area contributed by atoms with Gasteiger partial charge in [0.25, 0.3) is 0 Å². The molecule has 3 rings (SSSR count). The van der Waals surface area contributed by atoms with Gasteiger partial charge in [0.15, 0.2) is 5.82 Å². The minimum Gasteiger partial charge on any atom is -0.382 e. The Hall–Kier alpha value is -1.36. The van der Waals surface area contributed by atoms with Crippen LogP contribution in [0.4, 0.5) is 5.82 Å². The molecule has 1 aliphatic rings. The lowest BCUT2D eigenvalue weighted by Crippen LogP contribution is -2.02. The summed E-state index contributed by atoms with van der Waals surface area (Å²) in [4.78, 5) is 0. The Morgan fingerprint density at radius 2 is 1.94 bits per heavy atom. The van der Waals surface area contributed by atoms with E-state index in [0.29, 0.717) is 11.7 Å². The van der Waals surface area contributed by atoms with Gasteiger partial charge >= 0.3 is 0 Å². The largest absolute Gasteiger partial charge is 0.382 e. The number of hydrogen-bond acceptors (Lipinski definition) is 3. The molecule has 1 aromatic carbocycles. The number of nitrogens with two attached hydrogens (primary N) is 1. The maximum absolute atomic E-state index is 6.04. The van der Waals surface area contributed by atoms with Crippen molar-refractivity contribution in [3.05, 3.63) is 34.4 Å². The summed E-state index contributed by atoms with van der Waals surface area (Å²) in [7, 11) is 0. The van der Waals surface area contributed by atoms with E-state index >= 15 is 0 Å². The minimum absolute atomic E-state index is 0.532. The number of anilines is 1. The van der Waals surface area contributed by atoms with Crippen LogP contribution in [0, 0.1) is 0 Å². The Morgan fingerprint density at radius 3 is 2.56 bits per heavy atom. The second-order valence-electron chi connectivity index (χ2n) is 4.02. The molecule has 5 heteroatoms. The maximum Gasteiger partial charge on any atom is 0.151 e. The second-order valence-corrected chi connectivity index (χ2v) is 4.94. The highest BCUT2D eigenvalue weighted by Crippen LogP contribution is 2.41. The topological polar surface area (TPSA) is 56.7 Å². The molecule has 1 heterocycles. The summed E-state index contributed by atoms with van der Waals surface area (Å²) in [6.45, 7) is 0. The van der Waals surface area contributed by atoms with Crippen molar-refractivity contribution in [2.75, 3.05) is 5.73 Å². The zero-order valence-corrected chi connectivity index (χ0v) is 10.2. The highest BCUT2D eigenvalue weighted by molar-refractivity contribution is 9.10. The van der Waals surface area contributed by atoms with Crippen LogP contribution in [-0.2, 0) is 0 Å². The summed E-state index contributed by atoms with van der Waals surface area (Å²) in [5.74, 6) is 1.20. The van der Waals surface area contributed by atoms with Crippen LogP contribution < -0.4 is 5.73 Å². The van der Waals surface area contributed by atoms with Gasteiger partial charge in [-0.05, 0) is 37.1 Å². The smallest absolute Gasteiger partial charge is 0.151 e. The molecule has 2 N–H and O–H groups in total. The number of aromatic nitrogens is 3. The fraction of sp³-hybridized carbons (Fsp3) is 0.273. The van der Waals surface area contributed by atoms with Gasteiger partial charge in [0.2, 0.25) is 0 Å². The summed E-state index contributed by atoms with van der Waals surface area (Å²) in [6.07, 6.45) is 2.37. The van der Waals surface area contributed by atoms with Crippen molar-refractivity contribution in [3.63, 3.8) is 0 Å². The predicted molar refractivity (Wildman–Crippen MR) is 65.4 cm³/mol. The Bertz CT molecular complexity index is 513. The van der Waals surface area contributed by atoms with Crippen LogP contribution in [0.2, 0.25) is 0 Å². The Morgan fingerprint density at radius 1 is 1.25 bits per heavy atom. The first-order valence-electron chi connectivity index (χ1n) is 5.23. The highest BCUT2D eigenvalue weighted by atomic mass is 79.9. The SMILES string of the molecule is Nc1c(C2CC2)nnn1-c1ccc(Br)cc1. The maximum atomic E-state index is 6.04. The number of rotatable bonds is 2. The number of nitrogen functional groups attached to an aromatic ring is 1. The molecule has 1 saturated carbocycles. The molecule has 4 nitrogen and oxygen atoms in total. The molecule has 0 aliphatic heterocycles. The van der Waals surface area contributed by atoms with Crippen molar-refractivity contribution in [3.8, 4) is 5.69 Å². The molecule has 16 heavy (non-hydrogen) atoms. The van der Waals surface area contributed by atoms with Crippen LogP contribution in [0.3, 0.4) is 0 Å². The fourth-order valence-electron chi connectivity index (χ4n) is 1.72. The molecule has 1 fully saturated rings. The standard InChI is InChI=1S/C11H11BrN4/c12-8-3-5-9(6-4-8)16-11(13)10(14-15-16)7-1-2-7/h3-7H,1-2,13H2. The van der Waals surface area contributed by atoms with Gasteiger partial charge in [-0.25, -0.2) is 0 Å². The zero-order valence-electron chi connectivity index (χ0n) is 8.60. The van der Waals surface area contributed by atoms with Gasteiger partial charge < -0.3 is 5.73 Å². The van der Waals surface area contributed by atoms with Crippen molar-refractivity contribution in [1.82, 2.24) is 15.0 Å². The third kappa shape index (κ3) is 1.61. The van der Waals surface area contributed by atoms with Crippen LogP contribution in [0.1, 0.15) is 24.5 Å². The molecule has 82 valence electrons. The number of nitrogens with zero attached hydrogens (tertiary/aromatic N) is 3. The Balaban J connectivity index is 2.02. The van der Waals surface area contributed by atoms with Crippen LogP contribution in [0.5, 0.6) is 0 Å². The van der Waals surface area contributed by atoms with Crippen LogP contribution in [0.25, 0.3) is 5.69 Å². The molecule has 1 aliphatic carbocycles. The average Bonchev–Trinajstić information content (AvgIpc) is 3.05. The van der Waals surface area contributed by atoms with Crippen LogP contribution >= 0.6 is 15.9 Å². The molecule has 2 aromatic rings. The van der Waals surface area contributed by atoms with E-state index < -0.39 is 0 Å². The van der Waals surface area contributed by atoms with E-state index in [1.54, 1.807) is 4.68 Å². The first kappa shape index (κ1) is 9.84. The molecule has 1 aromatic heterocycles. The summed E-state index contributed by atoms with van der Waals surface area (Å²) >= 11 is 3.40. The number of halogens is 1. The fourth-order valence-corrected chi connectivity index (χ4v) is 1.99. The van der Waals surface area contributed by atoms with Crippen molar-refractivity contribution < 1.29 is 0 Å². The summed E-state index contributed by atoms with van der Waals surface area (Å²) < 4.78 is 2.73. The van der Waals surface area contributed by atoms with Gasteiger partial charge in [0.05, 0.1) is 5.69 Å². The molecule has 0 saturated heterocycles. The first-order chi connectivity index (χ1) is 7.75. The average molecular weight is 279 g/mol. The normalized spacial score (nSPS) is 15.3. The van der Waals surface area contributed by atoms with E-state index in [4.69, 9.17) is 5.73 Å². The summed E-state index contributed by atoms with van der Waals surface area (Å²) in [5.41, 5.74) is 7.93. The van der Waals surface area contributed by atoms with E-state index in [9.17, 15) is 0 Å². The van der Waals surface area contributed by atoms with Crippen LogP contribution in [-0.4, -0.2) is 15.0 Å². The third-order valence-corrected chi connectivity index (χ3v) is 3.30.